The molecule has 36 heavy (non-hydrogen) atoms. The van der Waals surface area contributed by atoms with E-state index < -0.39 is 51.9 Å². The average Bonchev–Trinajstić information content (AvgIpc) is 2.73. The number of carbonyl (C=O) groups is 2. The number of sulfonamides is 1. The number of hydrogen-bond donors (Lipinski definition) is 1. The summed E-state index contributed by atoms with van der Waals surface area (Å²) in [6, 6.07) is 7.91. The fraction of sp³-hybridized carbons (Fsp3) is 0.391. The second-order valence-electron chi connectivity index (χ2n) is 8.42. The molecule has 0 aromatic heterocycles. The van der Waals surface area contributed by atoms with Gasteiger partial charge in [-0.2, -0.15) is 13.2 Å². The number of benzene rings is 2. The van der Waals surface area contributed by atoms with E-state index >= 15 is 0 Å². The summed E-state index contributed by atoms with van der Waals surface area (Å²) in [5.41, 5.74) is -0.979. The molecule has 0 fully saturated rings. The van der Waals surface area contributed by atoms with E-state index in [0.29, 0.717) is 22.0 Å². The minimum Gasteiger partial charge on any atom is -0.352 e. The van der Waals surface area contributed by atoms with Crippen LogP contribution in [0.1, 0.15) is 31.9 Å². The molecule has 0 bridgehead atoms. The molecule has 13 heteroatoms. The summed E-state index contributed by atoms with van der Waals surface area (Å²) in [4.78, 5) is 27.3. The maximum Gasteiger partial charge on any atom is 0.416 e. The summed E-state index contributed by atoms with van der Waals surface area (Å²) in [6.07, 6.45) is -4.01. The van der Waals surface area contributed by atoms with Crippen LogP contribution in [0.4, 0.5) is 18.9 Å². The molecule has 0 aliphatic heterocycles. The first kappa shape index (κ1) is 29.9. The lowest BCUT2D eigenvalue weighted by Crippen LogP contribution is -2.52. The molecule has 0 unspecified atom stereocenters. The van der Waals surface area contributed by atoms with E-state index in [1.807, 2.05) is 0 Å². The van der Waals surface area contributed by atoms with Gasteiger partial charge in [-0.1, -0.05) is 39.7 Å². The maximum atomic E-state index is 13.5. The Kier molecular flexibility index (Phi) is 9.83. The van der Waals surface area contributed by atoms with E-state index in [0.717, 1.165) is 16.8 Å². The molecule has 0 saturated heterocycles. The number of hydrogen-bond acceptors (Lipinski definition) is 4. The van der Waals surface area contributed by atoms with E-state index in [9.17, 15) is 31.2 Å². The third kappa shape index (κ3) is 8.10. The molecule has 2 amide bonds. The first-order chi connectivity index (χ1) is 16.5. The molecule has 0 radical (unpaired) electrons. The first-order valence-electron chi connectivity index (χ1n) is 10.7. The molecule has 0 aliphatic rings. The van der Waals surface area contributed by atoms with E-state index in [1.54, 1.807) is 38.1 Å². The van der Waals surface area contributed by atoms with Gasteiger partial charge in [0.2, 0.25) is 21.8 Å². The van der Waals surface area contributed by atoms with Crippen molar-refractivity contribution in [2.45, 2.75) is 45.6 Å². The number of alkyl halides is 3. The van der Waals surface area contributed by atoms with E-state index in [4.69, 9.17) is 11.6 Å². The van der Waals surface area contributed by atoms with E-state index in [-0.39, 0.29) is 17.6 Å². The molecule has 0 saturated carbocycles. The Morgan fingerprint density at radius 3 is 2.28 bits per heavy atom. The molecule has 2 aromatic rings. The molecule has 2 rings (SSSR count). The van der Waals surface area contributed by atoms with E-state index in [1.165, 1.54) is 11.8 Å². The smallest absolute Gasteiger partial charge is 0.352 e. The van der Waals surface area contributed by atoms with Gasteiger partial charge in [0.15, 0.2) is 0 Å². The van der Waals surface area contributed by atoms with Gasteiger partial charge in [0.05, 0.1) is 22.5 Å². The fourth-order valence-electron chi connectivity index (χ4n) is 3.29. The third-order valence-corrected chi connectivity index (χ3v) is 7.00. The van der Waals surface area contributed by atoms with Crippen LogP contribution in [0.5, 0.6) is 0 Å². The van der Waals surface area contributed by atoms with Crippen LogP contribution in [0.3, 0.4) is 0 Å². The van der Waals surface area contributed by atoms with Crippen molar-refractivity contribution >= 4 is 55.1 Å². The Bertz CT molecular complexity index is 1230. The van der Waals surface area contributed by atoms with Crippen LogP contribution in [-0.4, -0.2) is 50.0 Å². The number of rotatable bonds is 9. The molecule has 0 spiro atoms. The van der Waals surface area contributed by atoms with Crippen molar-refractivity contribution in [3.63, 3.8) is 0 Å². The van der Waals surface area contributed by atoms with Gasteiger partial charge >= 0.3 is 6.18 Å². The number of nitrogens with one attached hydrogen (secondary N) is 1. The zero-order valence-electron chi connectivity index (χ0n) is 19.9. The van der Waals surface area contributed by atoms with Crippen LogP contribution in [0, 0.1) is 0 Å². The topological polar surface area (TPSA) is 86.8 Å². The predicted molar refractivity (Wildman–Crippen MR) is 136 cm³/mol. The van der Waals surface area contributed by atoms with Crippen LogP contribution >= 0.6 is 27.5 Å². The van der Waals surface area contributed by atoms with Crippen LogP contribution < -0.4 is 9.62 Å². The molecule has 2 aromatic carbocycles. The summed E-state index contributed by atoms with van der Waals surface area (Å²) in [5, 5.41) is 2.42. The highest BCUT2D eigenvalue weighted by atomic mass is 79.9. The Morgan fingerprint density at radius 2 is 1.75 bits per heavy atom. The van der Waals surface area contributed by atoms with Crippen molar-refractivity contribution < 1.29 is 31.2 Å². The Hall–Kier alpha value is -2.31. The van der Waals surface area contributed by atoms with Crippen molar-refractivity contribution in [3.8, 4) is 0 Å². The lowest BCUT2D eigenvalue weighted by molar-refractivity contribution is -0.139. The van der Waals surface area contributed by atoms with Gasteiger partial charge in [-0.25, -0.2) is 8.42 Å². The predicted octanol–water partition coefficient (Wildman–Crippen LogP) is 4.83. The molecule has 1 atom stereocenters. The number of nitrogens with zero attached hydrogens (tertiary/aromatic N) is 2. The summed E-state index contributed by atoms with van der Waals surface area (Å²) in [5.74, 6) is -1.28. The minimum absolute atomic E-state index is 0.0567. The zero-order chi connectivity index (χ0) is 27.4. The van der Waals surface area contributed by atoms with Gasteiger partial charge in [0.25, 0.3) is 0 Å². The monoisotopic (exact) mass is 611 g/mol. The van der Waals surface area contributed by atoms with E-state index in [2.05, 4.69) is 21.2 Å². The Morgan fingerprint density at radius 1 is 1.11 bits per heavy atom. The number of halogens is 5. The van der Waals surface area contributed by atoms with Crippen molar-refractivity contribution in [2.24, 2.45) is 0 Å². The van der Waals surface area contributed by atoms with Gasteiger partial charge in [0, 0.05) is 17.1 Å². The van der Waals surface area contributed by atoms with Gasteiger partial charge in [0.1, 0.15) is 12.6 Å². The highest BCUT2D eigenvalue weighted by Gasteiger charge is 2.34. The first-order valence-corrected chi connectivity index (χ1v) is 13.7. The molecule has 198 valence electrons. The summed E-state index contributed by atoms with van der Waals surface area (Å²) in [6.45, 7) is 4.04. The van der Waals surface area contributed by atoms with Crippen LogP contribution in [0.25, 0.3) is 0 Å². The molecule has 0 aliphatic carbocycles. The quantitative estimate of drug-likeness (QED) is 0.440. The molecule has 7 nitrogen and oxygen atoms in total. The lowest BCUT2D eigenvalue weighted by Gasteiger charge is -2.32. The molecule has 0 heterocycles. The lowest BCUT2D eigenvalue weighted by atomic mass is 10.1. The SMILES string of the molecule is CC(C)NC(=O)[C@@H](C)N(Cc1cccc(Br)c1)C(=O)CN(c1cc(C(F)(F)F)ccc1Cl)S(C)(=O)=O. The maximum absolute atomic E-state index is 13.5. The van der Waals surface area contributed by atoms with Gasteiger partial charge in [-0.3, -0.25) is 13.9 Å². The average molecular weight is 613 g/mol. The van der Waals surface area contributed by atoms with Crippen molar-refractivity contribution in [1.82, 2.24) is 10.2 Å². The molecule has 1 N–H and O–H groups in total. The van der Waals surface area contributed by atoms with Gasteiger partial charge < -0.3 is 10.2 Å². The minimum atomic E-state index is -4.76. The van der Waals surface area contributed by atoms with Crippen LogP contribution in [0.2, 0.25) is 5.02 Å². The van der Waals surface area contributed by atoms with Gasteiger partial charge in [-0.05, 0) is 56.7 Å². The number of carbonyl (C=O) groups excluding carboxylic acids is 2. The Balaban J connectivity index is 2.50. The summed E-state index contributed by atoms with van der Waals surface area (Å²) >= 11 is 9.40. The van der Waals surface area contributed by atoms with Gasteiger partial charge in [-0.15, -0.1) is 0 Å². The molecular weight excluding hydrogens is 587 g/mol. The standard InChI is InChI=1S/C23H26BrClF3N3O4S/c1-14(2)29-22(33)15(3)30(12-16-6-5-7-18(24)10-16)21(32)13-31(36(4,34)35)20-11-17(23(26,27)28)8-9-19(20)25/h5-11,14-15H,12-13H2,1-4H3,(H,29,33)/t15-/m1/s1. The van der Waals surface area contributed by atoms with Crippen molar-refractivity contribution in [1.29, 1.82) is 0 Å². The largest absolute Gasteiger partial charge is 0.416 e. The van der Waals surface area contributed by atoms with Crippen molar-refractivity contribution in [2.75, 3.05) is 17.1 Å². The normalized spacial score (nSPS) is 12.8. The fourth-order valence-corrected chi connectivity index (χ4v) is 4.86. The highest BCUT2D eigenvalue weighted by molar-refractivity contribution is 9.10. The second kappa shape index (κ2) is 11.8. The van der Waals surface area contributed by atoms with Crippen molar-refractivity contribution in [3.05, 3.63) is 63.1 Å². The summed E-state index contributed by atoms with van der Waals surface area (Å²) in [7, 11) is -4.25. The summed E-state index contributed by atoms with van der Waals surface area (Å²) < 4.78 is 66.3. The Labute approximate surface area is 221 Å². The van der Waals surface area contributed by atoms with Crippen LogP contribution in [0.15, 0.2) is 46.9 Å². The zero-order valence-corrected chi connectivity index (χ0v) is 23.1. The number of amides is 2. The highest BCUT2D eigenvalue weighted by Crippen LogP contribution is 2.36. The second-order valence-corrected chi connectivity index (χ2v) is 11.7. The third-order valence-electron chi connectivity index (χ3n) is 5.06. The number of anilines is 1. The molecular formula is C23H26BrClF3N3O4S. The van der Waals surface area contributed by atoms with Crippen LogP contribution in [-0.2, 0) is 32.3 Å².